The predicted molar refractivity (Wildman–Crippen MR) is 460 cm³/mol. The van der Waals surface area contributed by atoms with Gasteiger partial charge in [-0.1, -0.05) is 99.8 Å². The molecule has 15 rings (SSSR count). The predicted octanol–water partition coefficient (Wildman–Crippen LogP) is 7.37. The molecule has 0 spiro atoms. The number of ketones is 3. The Labute approximate surface area is 750 Å². The summed E-state index contributed by atoms with van der Waals surface area (Å²) in [6.45, 7) is 3.94. The molecule has 0 radical (unpaired) electrons. The van der Waals surface area contributed by atoms with Gasteiger partial charge in [0.15, 0.2) is 40.3 Å². The smallest absolute Gasteiger partial charge is 0.295 e. The number of nitrogens with zero attached hydrogens (tertiary/aromatic N) is 1. The van der Waals surface area contributed by atoms with Crippen molar-refractivity contribution >= 4 is 76.6 Å². The van der Waals surface area contributed by atoms with Crippen LogP contribution in [0.3, 0.4) is 0 Å². The van der Waals surface area contributed by atoms with Crippen LogP contribution in [0.1, 0.15) is 185 Å². The number of fused-ring (bicyclic) bond motifs is 14. The van der Waals surface area contributed by atoms with Crippen molar-refractivity contribution in [3.05, 3.63) is 164 Å². The molecule has 37 heteroatoms. The van der Waals surface area contributed by atoms with Crippen LogP contribution < -0.4 is 55.6 Å². The van der Waals surface area contributed by atoms with Crippen LogP contribution in [0, 0.1) is 11.8 Å². The molecule has 1 saturated carbocycles. The number of Topliss-reactive ketones (excluding diaryl/α,β-unsaturated/α-hetero) is 3. The number of phenolic OH excluding ortho intramolecular Hbond substituents is 4. The summed E-state index contributed by atoms with van der Waals surface area (Å²) >= 11 is 14.6. The van der Waals surface area contributed by atoms with E-state index in [-0.39, 0.29) is 98.9 Å². The van der Waals surface area contributed by atoms with Crippen molar-refractivity contribution in [3.8, 4) is 80.1 Å². The Morgan fingerprint density at radius 1 is 0.558 bits per heavy atom. The van der Waals surface area contributed by atoms with Crippen molar-refractivity contribution in [3.63, 3.8) is 0 Å². The van der Waals surface area contributed by atoms with Gasteiger partial charge in [-0.3, -0.25) is 47.9 Å². The maximum Gasteiger partial charge on any atom is 0.295 e. The van der Waals surface area contributed by atoms with Gasteiger partial charge in [-0.15, -0.1) is 0 Å². The Bertz CT molecular complexity index is 5350. The number of phenols is 4. The average molecular weight is 1830 g/mol. The first-order valence-electron chi connectivity index (χ1n) is 42.6. The highest BCUT2D eigenvalue weighted by Crippen LogP contribution is 2.52. The fourth-order valence-electron chi connectivity index (χ4n) is 17.1. The minimum absolute atomic E-state index is 0.0979. The van der Waals surface area contributed by atoms with E-state index in [2.05, 4.69) is 45.7 Å². The van der Waals surface area contributed by atoms with E-state index in [1.807, 2.05) is 4.90 Å². The molecule has 8 aliphatic rings. The quantitative estimate of drug-likeness (QED) is 0.0207. The van der Waals surface area contributed by atoms with Gasteiger partial charge < -0.3 is 127 Å². The van der Waals surface area contributed by atoms with E-state index in [4.69, 9.17) is 56.4 Å². The lowest BCUT2D eigenvalue weighted by Gasteiger charge is -2.41. The van der Waals surface area contributed by atoms with E-state index in [0.717, 1.165) is 86.7 Å². The first-order chi connectivity index (χ1) is 61.6. The number of nitrogens with one attached hydrogen (secondary N) is 6. The molecule has 7 aromatic rings. The van der Waals surface area contributed by atoms with Crippen LogP contribution in [0.4, 0.5) is 0 Å². The molecule has 10 unspecified atom stereocenters. The molecule has 7 heterocycles. The Hall–Kier alpha value is -11.3. The minimum atomic E-state index is -2.30. The highest BCUT2D eigenvalue weighted by Gasteiger charge is 2.51. The van der Waals surface area contributed by atoms with Crippen molar-refractivity contribution < 1.29 is 138 Å². The van der Waals surface area contributed by atoms with Crippen molar-refractivity contribution in [2.45, 2.75) is 213 Å². The van der Waals surface area contributed by atoms with Crippen LogP contribution in [0.15, 0.2) is 115 Å². The first kappa shape index (κ1) is 95.3. The first-order valence-corrected chi connectivity index (χ1v) is 43.4. The van der Waals surface area contributed by atoms with Gasteiger partial charge in [0.25, 0.3) is 6.47 Å². The number of rotatable bonds is 24. The third-order valence-corrected chi connectivity index (χ3v) is 24.7. The third-order valence-electron chi connectivity index (χ3n) is 24.1. The summed E-state index contributed by atoms with van der Waals surface area (Å²) in [5.74, 6) is -19.4. The van der Waals surface area contributed by atoms with Gasteiger partial charge >= 0.3 is 0 Å². The van der Waals surface area contributed by atoms with E-state index >= 15 is 28.8 Å². The van der Waals surface area contributed by atoms with Crippen molar-refractivity contribution in [2.24, 2.45) is 11.8 Å². The zero-order chi connectivity index (χ0) is 92.7. The summed E-state index contributed by atoms with van der Waals surface area (Å²) in [5, 5.41) is 157. The number of benzene rings is 7. The molecule has 2 fully saturated rings. The van der Waals surface area contributed by atoms with Crippen LogP contribution in [0.2, 0.25) is 10.0 Å². The van der Waals surface area contributed by atoms with Gasteiger partial charge in [-0.05, 0) is 177 Å². The SMILES string of the molecule is CN[C@H]1C(=O)N[C@H]2C(=O)C[C@H](C(=O)N[C@H]3C(=O)C[C@H]4C(=O)N[C@H](C(=O)N[C@H](C(=O)CCCCN(C)C)c5cc(O)cc(OC6CC(CO)C(O)C(O)C6O)c5-c5cc4ccc5O)[C@H](O)c4ccc(c(Cl)c4)Oc4cc3cc(c4OC3OC(OC=O)C(O)C(O)C3NC(=O)CCCCCCCCC(C)C)Oc3ccc(cc3Cl)[C@H]2O)c2cc(O)cc(c2)Oc2cc1ccc2O. The molecule has 5 amide bonds. The number of carbonyl (C=O) groups is 9. The van der Waals surface area contributed by atoms with Crippen molar-refractivity contribution in [1.82, 2.24) is 36.8 Å². The summed E-state index contributed by atoms with van der Waals surface area (Å²) in [4.78, 5) is 140. The number of amides is 5. The van der Waals surface area contributed by atoms with E-state index in [1.165, 1.54) is 67.7 Å². The fourth-order valence-corrected chi connectivity index (χ4v) is 17.5. The van der Waals surface area contributed by atoms with Gasteiger partial charge in [0.1, 0.15) is 119 Å². The molecule has 129 heavy (non-hydrogen) atoms. The number of carbonyl (C=O) groups excluding carboxylic acids is 9. The van der Waals surface area contributed by atoms with Gasteiger partial charge in [0.05, 0.1) is 28.0 Å². The molecule has 18 N–H and O–H groups in total. The topological polar surface area (TPSA) is 536 Å². The molecule has 19 atom stereocenters. The number of aromatic hydroxyl groups is 4. The van der Waals surface area contributed by atoms with E-state index < -0.39 is 244 Å². The zero-order valence-corrected chi connectivity index (χ0v) is 72.5. The molecular weight excluding hydrogens is 1720 g/mol. The minimum Gasteiger partial charge on any atom is -0.508 e. The monoisotopic (exact) mass is 1830 g/mol. The molecule has 1 saturated heterocycles. The molecule has 7 aliphatic heterocycles. The Balaban J connectivity index is 1.05. The molecule has 690 valence electrons. The molecule has 17 bridgehead atoms. The molecule has 35 nitrogen and oxygen atoms in total. The summed E-state index contributed by atoms with van der Waals surface area (Å²) in [7, 11) is 5.01. The van der Waals surface area contributed by atoms with Gasteiger partial charge in [0, 0.05) is 61.5 Å². The lowest BCUT2D eigenvalue weighted by Crippen LogP contribution is -2.65. The lowest BCUT2D eigenvalue weighted by atomic mass is 9.81. The third kappa shape index (κ3) is 21.8. The van der Waals surface area contributed by atoms with Crippen molar-refractivity contribution in [2.75, 3.05) is 34.3 Å². The average Bonchev–Trinajstić information content (AvgIpc) is 0.759. The molecular formula is C92H105Cl2N7O28. The largest absolute Gasteiger partial charge is 0.508 e. The second-order valence-electron chi connectivity index (χ2n) is 34.0. The van der Waals surface area contributed by atoms with E-state index in [9.17, 15) is 75.7 Å². The summed E-state index contributed by atoms with van der Waals surface area (Å²) in [6.07, 6.45) is -16.5. The molecule has 0 aromatic heterocycles. The Kier molecular flexibility index (Phi) is 30.8. The summed E-state index contributed by atoms with van der Waals surface area (Å²) in [5.41, 5.74) is -2.24. The van der Waals surface area contributed by atoms with Crippen LogP contribution in [0.5, 0.6) is 69.0 Å². The Morgan fingerprint density at radius 2 is 1.16 bits per heavy atom. The van der Waals surface area contributed by atoms with Crippen LogP contribution in [-0.2, 0) is 52.6 Å². The highest BCUT2D eigenvalue weighted by atomic mass is 35.5. The lowest BCUT2D eigenvalue weighted by molar-refractivity contribution is -0.298. The van der Waals surface area contributed by atoms with E-state index in [0.29, 0.717) is 31.7 Å². The standard InChI is InChI=1S/C92H105Cl2N7O28/c1-42(2)14-10-8-6-7-9-11-16-71(111)96-78-83(116)85(118)92(123-41-103)129-91(78)128-86-69-32-48-33-70(86)126-65-24-20-46(30-58(65)94)80(113)77-90(122)98-75(61(108)15-12-13-25-101(4)5)56-36-51(105)37-67(127-68-34-49(40-102)81(114)84(117)82(68)115)72(56)55-28-43(17-21-59(55)106)53(87(119)100-77)38-62(109)73(48)97-88(120)54-39-63(110)76(79(112)45-19-23-64(125-69)57(93)29-45)99-89(121)74(95-3)44-18-22-60(107)66(31-44)124-52-27-47(54)26-50(104)35-52/h17-24,26-33,35-37,41-42,49,53-54,68,73-85,91-92,95,102,104-107,112-118H,6-16,25,34,38-40H2,1-5H3,(H,96,111)(H,97,120)(H,98,122)(H,99,121)(H,100,119)/t49?,53-,54+,68?,73-,74-,75+,76+,77+,78?,79-,80-,81?,82?,83?,84?,85?,91?,92?/m1/s1. The Morgan fingerprint density at radius 3 is 1.82 bits per heavy atom. The second-order valence-corrected chi connectivity index (χ2v) is 34.8. The number of aliphatic hydroxyl groups excluding tert-OH is 8. The number of halogens is 2. The van der Waals surface area contributed by atoms with Crippen LogP contribution in [-0.4, -0.2) is 221 Å². The second kappa shape index (κ2) is 41.6. The zero-order valence-electron chi connectivity index (χ0n) is 71.0. The molecule has 1 aliphatic carbocycles. The summed E-state index contributed by atoms with van der Waals surface area (Å²) in [6, 6.07) is 10.3. The van der Waals surface area contributed by atoms with Gasteiger partial charge in [-0.2, -0.15) is 0 Å². The maximum absolute atomic E-state index is 17.0. The van der Waals surface area contributed by atoms with E-state index in [1.54, 1.807) is 14.1 Å². The number of hydrogen-bond acceptors (Lipinski definition) is 30. The number of ether oxygens (including phenoxy) is 7. The number of unbranched alkanes of at least 4 members (excludes halogenated alkanes) is 6. The fraction of sp³-hybridized carbons (Fsp3) is 0.446. The van der Waals surface area contributed by atoms with Crippen LogP contribution >= 0.6 is 23.2 Å². The normalized spacial score (nSPS) is 26.4. The number of aliphatic hydroxyl groups is 8. The van der Waals surface area contributed by atoms with Gasteiger partial charge in [-0.25, -0.2) is 0 Å². The highest BCUT2D eigenvalue weighted by molar-refractivity contribution is 6.32. The van der Waals surface area contributed by atoms with Crippen LogP contribution in [0.25, 0.3) is 11.1 Å². The van der Waals surface area contributed by atoms with Crippen molar-refractivity contribution in [1.29, 1.82) is 0 Å². The molecule has 7 aromatic carbocycles. The summed E-state index contributed by atoms with van der Waals surface area (Å²) < 4.78 is 44.5. The van der Waals surface area contributed by atoms with Gasteiger partial charge in [0.2, 0.25) is 47.9 Å². The maximum atomic E-state index is 17.0. The number of likely N-dealkylation sites (N-methyl/N-ethyl adjacent to an activating group) is 1. The number of hydrogen-bond donors (Lipinski definition) is 18.